The van der Waals surface area contributed by atoms with Crippen LogP contribution in [0.4, 0.5) is 0 Å². The first-order chi connectivity index (χ1) is 14.3. The topological polar surface area (TPSA) is 146 Å². The molecule has 0 unspecified atom stereocenters. The predicted octanol–water partition coefficient (Wildman–Crippen LogP) is -0.785. The number of aliphatic hydroxyl groups is 2. The first-order valence-electron chi connectivity index (χ1n) is 9.85. The van der Waals surface area contributed by atoms with Crippen LogP contribution < -0.4 is 21.4 Å². The van der Waals surface area contributed by atoms with Crippen LogP contribution in [-0.2, 0) is 9.59 Å². The molecule has 1 aliphatic rings. The van der Waals surface area contributed by atoms with Gasteiger partial charge in [0.1, 0.15) is 6.10 Å². The zero-order chi connectivity index (χ0) is 22.1. The molecule has 0 spiro atoms. The Labute approximate surface area is 176 Å². The Morgan fingerprint density at radius 3 is 1.73 bits per heavy atom. The average molecular weight is 433 g/mol. The van der Waals surface area contributed by atoms with E-state index in [1.165, 1.54) is 36.3 Å². The number of rotatable bonds is 6. The lowest BCUT2D eigenvalue weighted by Gasteiger charge is -2.34. The summed E-state index contributed by atoms with van der Waals surface area (Å²) in [6.45, 7) is 0. The Hall–Kier alpha value is -2.31. The largest absolute Gasteiger partial charge is 0.547 e. The van der Waals surface area contributed by atoms with E-state index >= 15 is 0 Å². The molecule has 0 amide bonds. The Morgan fingerprint density at radius 1 is 0.900 bits per heavy atom. The fourth-order valence-electron chi connectivity index (χ4n) is 3.50. The molecule has 162 valence electrons. The molecular weight excluding hydrogens is 405 g/mol. The number of carbonyl (C=O) groups is 2. The quantitative estimate of drug-likeness (QED) is 0.440. The number of carboxylic acid groups (broad SMARTS) is 2. The molecule has 1 fully saturated rings. The van der Waals surface area contributed by atoms with Crippen LogP contribution in [0.5, 0.6) is 0 Å². The molecule has 3 rings (SSSR count). The minimum Gasteiger partial charge on any atom is -0.547 e. The zero-order valence-corrected chi connectivity index (χ0v) is 17.5. The van der Waals surface area contributed by atoms with Crippen molar-refractivity contribution in [3.8, 4) is 0 Å². The van der Waals surface area contributed by atoms with Crippen molar-refractivity contribution in [3.05, 3.63) is 60.7 Å². The highest BCUT2D eigenvalue weighted by atomic mass is 31.1. The van der Waals surface area contributed by atoms with Gasteiger partial charge in [0.05, 0.1) is 12.0 Å². The number of benzene rings is 2. The summed E-state index contributed by atoms with van der Waals surface area (Å²) in [6.07, 6.45) is 0.655. The Kier molecular flexibility index (Phi) is 9.40. The summed E-state index contributed by atoms with van der Waals surface area (Å²) in [5.74, 6) is -3.83. The number of aliphatic carboxylic acids is 2. The van der Waals surface area contributed by atoms with E-state index in [9.17, 15) is 14.7 Å². The minimum atomic E-state index is -2.38. The van der Waals surface area contributed by atoms with E-state index in [0.717, 1.165) is 5.66 Å². The van der Waals surface area contributed by atoms with Crippen LogP contribution in [-0.4, -0.2) is 51.2 Å². The molecule has 0 heterocycles. The van der Waals surface area contributed by atoms with E-state index in [-0.39, 0.29) is 7.92 Å². The van der Waals surface area contributed by atoms with Gasteiger partial charge in [-0.05, 0) is 37.8 Å². The number of quaternary nitrogens is 1. The molecule has 30 heavy (non-hydrogen) atoms. The minimum absolute atomic E-state index is 0.271. The van der Waals surface area contributed by atoms with Gasteiger partial charge in [-0.15, -0.1) is 0 Å². The Morgan fingerprint density at radius 2 is 1.37 bits per heavy atom. The third-order valence-corrected chi connectivity index (χ3v) is 8.12. The monoisotopic (exact) mass is 433 g/mol. The molecule has 0 radical (unpaired) electrons. The Balaban J connectivity index is 0.000000274. The molecule has 1 aliphatic carbocycles. The van der Waals surface area contributed by atoms with Crippen molar-refractivity contribution in [2.75, 3.05) is 0 Å². The van der Waals surface area contributed by atoms with Gasteiger partial charge < -0.3 is 31.0 Å². The molecule has 0 saturated heterocycles. The van der Waals surface area contributed by atoms with E-state index in [4.69, 9.17) is 15.3 Å². The molecule has 0 aliphatic heterocycles. The molecule has 7 nitrogen and oxygen atoms in total. The van der Waals surface area contributed by atoms with E-state index in [2.05, 4.69) is 66.4 Å². The van der Waals surface area contributed by atoms with Crippen molar-refractivity contribution < 1.29 is 35.7 Å². The fraction of sp³-hybridized carbons (Fsp3) is 0.364. The molecule has 2 aromatic carbocycles. The van der Waals surface area contributed by atoms with Crippen LogP contribution in [0.2, 0.25) is 0 Å². The molecule has 0 bridgehead atoms. The van der Waals surface area contributed by atoms with Gasteiger partial charge >= 0.3 is 5.97 Å². The molecule has 6 N–H and O–H groups in total. The summed E-state index contributed by atoms with van der Waals surface area (Å²) < 4.78 is 0. The second-order valence-electron chi connectivity index (χ2n) is 7.20. The van der Waals surface area contributed by atoms with Gasteiger partial charge in [-0.2, -0.15) is 0 Å². The maximum atomic E-state index is 9.74. The number of aliphatic hydroxyl groups excluding tert-OH is 2. The number of carbonyl (C=O) groups excluding carboxylic acids is 1. The van der Waals surface area contributed by atoms with Crippen molar-refractivity contribution in [1.82, 2.24) is 0 Å². The van der Waals surface area contributed by atoms with Gasteiger partial charge in [0.2, 0.25) is 0 Å². The number of hydrogen-bond acceptors (Lipinski definition) is 5. The normalized spacial score (nSPS) is 20.5. The summed E-state index contributed by atoms with van der Waals surface area (Å²) in [5, 5.41) is 37.1. The van der Waals surface area contributed by atoms with Gasteiger partial charge in [-0.1, -0.05) is 67.1 Å². The molecule has 2 aromatic rings. The van der Waals surface area contributed by atoms with Crippen molar-refractivity contribution in [3.63, 3.8) is 0 Å². The van der Waals surface area contributed by atoms with E-state index in [1.54, 1.807) is 0 Å². The standard InChI is InChI=1S/C18H22NP.C4H6O6/c19-17-13-7-8-14-18(17)20(15-9-3-1-4-10-15)16-11-5-2-6-12-16;5-1(3(7)8)2(6)4(9)10/h1-6,9-12,17-18H,7-8,13-14,19H2;1-2,5-6H,(H,7,8)(H,9,10)/t17-,18-;1-,2-/m00/s1. The highest BCUT2D eigenvalue weighted by molar-refractivity contribution is 7.73. The second kappa shape index (κ2) is 11.8. The smallest absolute Gasteiger partial charge is 0.335 e. The number of hydrogen-bond donors (Lipinski definition) is 4. The van der Waals surface area contributed by atoms with Crippen LogP contribution in [0.25, 0.3) is 0 Å². The fourth-order valence-corrected chi connectivity index (χ4v) is 6.56. The molecule has 0 aromatic heterocycles. The Bertz CT molecular complexity index is 746. The van der Waals surface area contributed by atoms with Crippen LogP contribution >= 0.6 is 7.92 Å². The van der Waals surface area contributed by atoms with Gasteiger partial charge in [0.15, 0.2) is 6.10 Å². The van der Waals surface area contributed by atoms with Crippen LogP contribution in [0.1, 0.15) is 25.7 Å². The first kappa shape index (κ1) is 24.0. The lowest BCUT2D eigenvalue weighted by molar-refractivity contribution is -0.423. The third kappa shape index (κ3) is 6.61. The zero-order valence-electron chi connectivity index (χ0n) is 16.6. The van der Waals surface area contributed by atoms with Gasteiger partial charge in [0, 0.05) is 5.66 Å². The summed E-state index contributed by atoms with van der Waals surface area (Å²) in [4.78, 5) is 19.4. The van der Waals surface area contributed by atoms with Crippen LogP contribution in [0.3, 0.4) is 0 Å². The van der Waals surface area contributed by atoms with Crippen molar-refractivity contribution in [2.24, 2.45) is 0 Å². The van der Waals surface area contributed by atoms with Crippen LogP contribution in [0.15, 0.2) is 60.7 Å². The van der Waals surface area contributed by atoms with Gasteiger partial charge in [0.25, 0.3) is 0 Å². The summed E-state index contributed by atoms with van der Waals surface area (Å²) in [6, 6.07) is 22.8. The predicted molar refractivity (Wildman–Crippen MR) is 113 cm³/mol. The lowest BCUT2D eigenvalue weighted by atomic mass is 9.96. The lowest BCUT2D eigenvalue weighted by Crippen LogP contribution is -2.67. The van der Waals surface area contributed by atoms with Gasteiger partial charge in [-0.3, -0.25) is 0 Å². The number of carboxylic acids is 2. The molecule has 4 atom stereocenters. The molecular formula is C22H28NO6P. The first-order valence-corrected chi connectivity index (χ1v) is 11.3. The maximum absolute atomic E-state index is 9.74. The SMILES string of the molecule is O=C([O-])[C@@H](O)[C@H](O)C(=O)O.[NH3+][C@H]1CCCC[C@@H]1P(c1ccccc1)c1ccccc1. The van der Waals surface area contributed by atoms with Crippen molar-refractivity contribution >= 4 is 30.5 Å². The van der Waals surface area contributed by atoms with Gasteiger partial charge in [-0.25, -0.2) is 4.79 Å². The van der Waals surface area contributed by atoms with E-state index in [0.29, 0.717) is 6.04 Å². The molecule has 1 saturated carbocycles. The van der Waals surface area contributed by atoms with E-state index in [1.807, 2.05) is 0 Å². The summed E-state index contributed by atoms with van der Waals surface area (Å²) >= 11 is 0. The summed E-state index contributed by atoms with van der Waals surface area (Å²) in [7, 11) is -0.271. The second-order valence-corrected chi connectivity index (χ2v) is 9.64. The molecule has 8 heteroatoms. The average Bonchev–Trinajstić information content (AvgIpc) is 2.76. The third-order valence-electron chi connectivity index (χ3n) is 5.06. The van der Waals surface area contributed by atoms with E-state index < -0.39 is 24.1 Å². The highest BCUT2D eigenvalue weighted by Crippen LogP contribution is 2.45. The maximum Gasteiger partial charge on any atom is 0.335 e. The van der Waals surface area contributed by atoms with Crippen LogP contribution in [0, 0.1) is 0 Å². The summed E-state index contributed by atoms with van der Waals surface area (Å²) in [5.41, 5.74) is 5.21. The van der Waals surface area contributed by atoms with Crippen molar-refractivity contribution in [1.29, 1.82) is 0 Å². The highest BCUT2D eigenvalue weighted by Gasteiger charge is 2.33. The van der Waals surface area contributed by atoms with Crippen molar-refractivity contribution in [2.45, 2.75) is 49.6 Å².